The molecule has 0 saturated heterocycles. The van der Waals surface area contributed by atoms with Crippen LogP contribution in [0.5, 0.6) is 5.75 Å². The fourth-order valence-electron chi connectivity index (χ4n) is 2.33. The lowest BCUT2D eigenvalue weighted by atomic mass is 10.2. The number of aromatic nitrogens is 2. The van der Waals surface area contributed by atoms with Crippen molar-refractivity contribution in [2.24, 2.45) is 0 Å². The fraction of sp³-hybridized carbons (Fsp3) is 0.150. The lowest BCUT2D eigenvalue weighted by Crippen LogP contribution is -2.13. The molecule has 26 heavy (non-hydrogen) atoms. The van der Waals surface area contributed by atoms with Crippen molar-refractivity contribution in [2.45, 2.75) is 0 Å². The molecule has 0 bridgehead atoms. The van der Waals surface area contributed by atoms with E-state index in [1.807, 2.05) is 49.5 Å². The number of hydrogen-bond donors (Lipinski definition) is 1. The number of hydrogen-bond acceptors (Lipinski definition) is 5. The fourth-order valence-corrected chi connectivity index (χ4v) is 2.33. The second-order valence-corrected chi connectivity index (χ2v) is 5.94. The van der Waals surface area contributed by atoms with Crippen LogP contribution >= 0.6 is 0 Å². The van der Waals surface area contributed by atoms with E-state index < -0.39 is 0 Å². The third-order valence-corrected chi connectivity index (χ3v) is 3.71. The maximum absolute atomic E-state index is 12.4. The minimum Gasteiger partial charge on any atom is -0.497 e. The van der Waals surface area contributed by atoms with Crippen LogP contribution in [0.3, 0.4) is 0 Å². The van der Waals surface area contributed by atoms with Crippen LogP contribution in [-0.2, 0) is 0 Å². The van der Waals surface area contributed by atoms with Gasteiger partial charge < -0.3 is 15.0 Å². The number of carbonyl (C=O) groups is 1. The highest BCUT2D eigenvalue weighted by Crippen LogP contribution is 2.16. The first-order valence-corrected chi connectivity index (χ1v) is 8.13. The summed E-state index contributed by atoms with van der Waals surface area (Å²) >= 11 is 0. The second kappa shape index (κ2) is 7.65. The van der Waals surface area contributed by atoms with E-state index in [0.717, 1.165) is 11.1 Å². The van der Waals surface area contributed by atoms with Gasteiger partial charge in [-0.1, -0.05) is 0 Å². The lowest BCUT2D eigenvalue weighted by Gasteiger charge is -2.07. The van der Waals surface area contributed by atoms with E-state index in [-0.39, 0.29) is 5.91 Å². The summed E-state index contributed by atoms with van der Waals surface area (Å²) in [5.74, 6) is 0.926. The summed E-state index contributed by atoms with van der Waals surface area (Å²) in [5.41, 5.74) is 1.92. The molecule has 2 aromatic heterocycles. The summed E-state index contributed by atoms with van der Waals surface area (Å²) in [4.78, 5) is 23.3. The molecule has 1 N–H and O–H groups in total. The zero-order chi connectivity index (χ0) is 18.5. The Bertz CT molecular complexity index is 950. The van der Waals surface area contributed by atoms with Gasteiger partial charge in [0, 0.05) is 31.2 Å². The molecule has 2 heterocycles. The van der Waals surface area contributed by atoms with E-state index in [1.165, 1.54) is 0 Å². The van der Waals surface area contributed by atoms with Gasteiger partial charge in [-0.15, -0.1) is 0 Å². The first kappa shape index (κ1) is 17.4. The zero-order valence-electron chi connectivity index (χ0n) is 14.9. The minimum atomic E-state index is -0.233. The Balaban J connectivity index is 1.81. The van der Waals surface area contributed by atoms with Crippen LogP contribution in [-0.4, -0.2) is 42.0 Å². The van der Waals surface area contributed by atoms with E-state index >= 15 is 0 Å². The third-order valence-electron chi connectivity index (χ3n) is 3.71. The van der Waals surface area contributed by atoms with Gasteiger partial charge in [0.25, 0.3) is 5.91 Å². The Labute approximate surface area is 152 Å². The standard InChI is InChI=1S/C20H20N4O2/c1-24(2)13-12-16-8-4-14-7-11-18(22-19(14)21-16)23-20(25)15-5-9-17(26-3)10-6-15/h4-13H,1-3H3,(H,21,22,23,25). The van der Waals surface area contributed by atoms with E-state index in [4.69, 9.17) is 4.74 Å². The highest BCUT2D eigenvalue weighted by Gasteiger charge is 2.08. The molecule has 3 rings (SSSR count). The number of pyridine rings is 2. The number of ether oxygens (including phenoxy) is 1. The van der Waals surface area contributed by atoms with Gasteiger partial charge in [0.1, 0.15) is 11.6 Å². The summed E-state index contributed by atoms with van der Waals surface area (Å²) in [6, 6.07) is 14.4. The summed E-state index contributed by atoms with van der Waals surface area (Å²) < 4.78 is 5.10. The van der Waals surface area contributed by atoms with Crippen LogP contribution in [0.4, 0.5) is 5.82 Å². The number of fused-ring (bicyclic) bond motifs is 1. The van der Waals surface area contributed by atoms with Gasteiger partial charge in [-0.3, -0.25) is 4.79 Å². The van der Waals surface area contributed by atoms with Gasteiger partial charge in [0.05, 0.1) is 12.8 Å². The molecule has 0 radical (unpaired) electrons. The van der Waals surface area contributed by atoms with E-state index in [1.54, 1.807) is 37.4 Å². The van der Waals surface area contributed by atoms with Crippen LogP contribution in [0.2, 0.25) is 0 Å². The summed E-state index contributed by atoms with van der Waals surface area (Å²) in [6.45, 7) is 0. The molecular weight excluding hydrogens is 328 g/mol. The van der Waals surface area contributed by atoms with Crippen molar-refractivity contribution < 1.29 is 9.53 Å². The van der Waals surface area contributed by atoms with Gasteiger partial charge in [0.15, 0.2) is 5.65 Å². The van der Waals surface area contributed by atoms with E-state index in [0.29, 0.717) is 22.8 Å². The minimum absolute atomic E-state index is 0.233. The summed E-state index contributed by atoms with van der Waals surface area (Å²) in [5, 5.41) is 3.71. The van der Waals surface area contributed by atoms with Crippen LogP contribution in [0.25, 0.3) is 17.1 Å². The second-order valence-electron chi connectivity index (χ2n) is 5.94. The average molecular weight is 348 g/mol. The van der Waals surface area contributed by atoms with Gasteiger partial charge in [-0.2, -0.15) is 0 Å². The third kappa shape index (κ3) is 4.16. The maximum atomic E-state index is 12.4. The Morgan fingerprint density at radius 1 is 1.04 bits per heavy atom. The Morgan fingerprint density at radius 3 is 2.46 bits per heavy atom. The molecule has 0 atom stereocenters. The average Bonchev–Trinajstić information content (AvgIpc) is 2.66. The number of benzene rings is 1. The summed E-state index contributed by atoms with van der Waals surface area (Å²) in [7, 11) is 5.48. The molecule has 3 aromatic rings. The molecular formula is C20H20N4O2. The Hall–Kier alpha value is -3.41. The molecule has 1 amide bonds. The number of methoxy groups -OCH3 is 1. The van der Waals surface area contributed by atoms with Crippen LogP contribution < -0.4 is 10.1 Å². The zero-order valence-corrected chi connectivity index (χ0v) is 14.9. The molecule has 0 aliphatic rings. The maximum Gasteiger partial charge on any atom is 0.256 e. The Kier molecular flexibility index (Phi) is 5.12. The predicted octanol–water partition coefficient (Wildman–Crippen LogP) is 3.42. The van der Waals surface area contributed by atoms with Crippen molar-refractivity contribution in [2.75, 3.05) is 26.5 Å². The molecule has 6 nitrogen and oxygen atoms in total. The molecule has 6 heteroatoms. The van der Waals surface area contributed by atoms with Crippen LogP contribution in [0.15, 0.2) is 54.7 Å². The highest BCUT2D eigenvalue weighted by molar-refractivity contribution is 6.04. The van der Waals surface area contributed by atoms with Crippen LogP contribution in [0, 0.1) is 0 Å². The van der Waals surface area contributed by atoms with Crippen molar-refractivity contribution in [1.82, 2.24) is 14.9 Å². The molecule has 0 aliphatic carbocycles. The topological polar surface area (TPSA) is 67.3 Å². The highest BCUT2D eigenvalue weighted by atomic mass is 16.5. The molecule has 1 aromatic carbocycles. The van der Waals surface area contributed by atoms with Crippen LogP contribution in [0.1, 0.15) is 16.1 Å². The van der Waals surface area contributed by atoms with Crippen molar-refractivity contribution in [3.05, 3.63) is 66.0 Å². The van der Waals surface area contributed by atoms with Gasteiger partial charge in [-0.25, -0.2) is 9.97 Å². The lowest BCUT2D eigenvalue weighted by molar-refractivity contribution is 0.102. The number of carbonyl (C=O) groups excluding carboxylic acids is 1. The smallest absolute Gasteiger partial charge is 0.256 e. The molecule has 0 spiro atoms. The van der Waals surface area contributed by atoms with Crippen molar-refractivity contribution >= 4 is 28.8 Å². The normalized spacial score (nSPS) is 10.9. The van der Waals surface area contributed by atoms with Gasteiger partial charge in [0.2, 0.25) is 0 Å². The van der Waals surface area contributed by atoms with Crippen molar-refractivity contribution in [3.8, 4) is 5.75 Å². The van der Waals surface area contributed by atoms with E-state index in [9.17, 15) is 4.79 Å². The number of nitrogens with zero attached hydrogens (tertiary/aromatic N) is 3. The molecule has 0 unspecified atom stereocenters. The van der Waals surface area contributed by atoms with Gasteiger partial charge >= 0.3 is 0 Å². The van der Waals surface area contributed by atoms with Crippen molar-refractivity contribution in [1.29, 1.82) is 0 Å². The Morgan fingerprint density at radius 2 is 1.77 bits per heavy atom. The number of amides is 1. The first-order valence-electron chi connectivity index (χ1n) is 8.13. The molecule has 0 fully saturated rings. The van der Waals surface area contributed by atoms with Crippen molar-refractivity contribution in [3.63, 3.8) is 0 Å². The largest absolute Gasteiger partial charge is 0.497 e. The first-order chi connectivity index (χ1) is 12.5. The predicted molar refractivity (Wildman–Crippen MR) is 103 cm³/mol. The SMILES string of the molecule is COc1ccc(C(=O)Nc2ccc3ccc(C=CN(C)C)nc3n2)cc1. The number of rotatable bonds is 5. The molecule has 0 aliphatic heterocycles. The number of nitrogens with one attached hydrogen (secondary N) is 1. The molecule has 132 valence electrons. The monoisotopic (exact) mass is 348 g/mol. The quantitative estimate of drug-likeness (QED) is 0.765. The van der Waals surface area contributed by atoms with E-state index in [2.05, 4.69) is 15.3 Å². The summed E-state index contributed by atoms with van der Waals surface area (Å²) in [6.07, 6.45) is 3.83. The van der Waals surface area contributed by atoms with Gasteiger partial charge in [-0.05, 0) is 54.6 Å². The molecule has 0 saturated carbocycles. The number of anilines is 1.